The maximum absolute atomic E-state index is 10.5. The number of nitroso groups, excluding NO2 is 1. The van der Waals surface area contributed by atoms with Crippen LogP contribution in [0.2, 0.25) is 0 Å². The highest BCUT2D eigenvalue weighted by molar-refractivity contribution is 5.87. The third-order valence-corrected chi connectivity index (χ3v) is 1.22. The van der Waals surface area contributed by atoms with Crippen molar-refractivity contribution in [1.29, 1.82) is 0 Å². The first-order valence-electron chi connectivity index (χ1n) is 3.44. The Morgan fingerprint density at radius 2 is 2.00 bits per heavy atom. The molecule has 0 aliphatic carbocycles. The lowest BCUT2D eigenvalue weighted by Crippen LogP contribution is -1.90. The Labute approximate surface area is 70.6 Å². The summed E-state index contributed by atoms with van der Waals surface area (Å²) in [4.78, 5) is 20.3. The summed E-state index contributed by atoms with van der Waals surface area (Å²) in [6.07, 6.45) is 2.67. The molecule has 4 heteroatoms. The zero-order valence-electron chi connectivity index (χ0n) is 7.07. The second-order valence-corrected chi connectivity index (χ2v) is 2.34. The summed E-state index contributed by atoms with van der Waals surface area (Å²) in [7, 11) is 0. The van der Waals surface area contributed by atoms with E-state index in [0.29, 0.717) is 5.57 Å². The third kappa shape index (κ3) is 4.38. The molecule has 0 rings (SSSR count). The third-order valence-electron chi connectivity index (χ3n) is 1.22. The molecule has 0 amide bonds. The molecule has 0 atom stereocenters. The maximum atomic E-state index is 10.5. The smallest absolute Gasteiger partial charge is 0.152 e. The van der Waals surface area contributed by atoms with Gasteiger partial charge in [0.15, 0.2) is 5.78 Å². The van der Waals surface area contributed by atoms with Gasteiger partial charge in [-0.05, 0) is 19.9 Å². The zero-order chi connectivity index (χ0) is 9.56. The van der Waals surface area contributed by atoms with Crippen LogP contribution in [-0.2, 0) is 4.79 Å². The van der Waals surface area contributed by atoms with Crippen molar-refractivity contribution in [3.63, 3.8) is 0 Å². The van der Waals surface area contributed by atoms with Gasteiger partial charge in [-0.2, -0.15) is 4.91 Å². The molecular formula is C8H11NO3. The van der Waals surface area contributed by atoms with Crippen molar-refractivity contribution in [1.82, 2.24) is 0 Å². The highest BCUT2D eigenvalue weighted by atomic mass is 16.3. The van der Waals surface area contributed by atoms with Gasteiger partial charge in [0, 0.05) is 5.57 Å². The lowest BCUT2D eigenvalue weighted by Gasteiger charge is -1.95. The van der Waals surface area contributed by atoms with Gasteiger partial charge in [0.05, 0.1) is 5.76 Å². The molecule has 0 radical (unpaired) electrons. The monoisotopic (exact) mass is 169 g/mol. The Morgan fingerprint density at radius 1 is 1.42 bits per heavy atom. The molecule has 0 unspecified atom stereocenters. The van der Waals surface area contributed by atoms with Crippen molar-refractivity contribution in [3.05, 3.63) is 28.4 Å². The fraction of sp³-hybridized carbons (Fsp3) is 0.375. The Bertz CT molecular complexity index is 237. The Kier molecular flexibility index (Phi) is 4.60. The van der Waals surface area contributed by atoms with Gasteiger partial charge in [0.2, 0.25) is 0 Å². The average Bonchev–Trinajstić information content (AvgIpc) is 1.96. The quantitative estimate of drug-likeness (QED) is 0.301. The molecule has 0 saturated carbocycles. The number of carbonyl (C=O) groups excluding carboxylic acids is 1. The van der Waals surface area contributed by atoms with Crippen molar-refractivity contribution in [3.8, 4) is 0 Å². The molecule has 0 heterocycles. The van der Waals surface area contributed by atoms with Gasteiger partial charge in [-0.3, -0.25) is 4.79 Å². The van der Waals surface area contributed by atoms with Crippen molar-refractivity contribution < 1.29 is 9.90 Å². The molecule has 4 nitrogen and oxygen atoms in total. The van der Waals surface area contributed by atoms with Gasteiger partial charge in [0.1, 0.15) is 6.54 Å². The van der Waals surface area contributed by atoms with Gasteiger partial charge in [-0.25, -0.2) is 0 Å². The van der Waals surface area contributed by atoms with E-state index in [1.54, 1.807) is 0 Å². The van der Waals surface area contributed by atoms with E-state index in [1.165, 1.54) is 26.0 Å². The number of aliphatic hydroxyl groups is 1. The molecule has 0 spiro atoms. The molecule has 0 bridgehead atoms. The van der Waals surface area contributed by atoms with Gasteiger partial charge in [-0.15, -0.1) is 0 Å². The lowest BCUT2D eigenvalue weighted by molar-refractivity contribution is -0.112. The minimum absolute atomic E-state index is 0.00657. The molecule has 1 N–H and O–H groups in total. The van der Waals surface area contributed by atoms with Gasteiger partial charge in [0.25, 0.3) is 0 Å². The first-order chi connectivity index (χ1) is 5.57. The van der Waals surface area contributed by atoms with E-state index in [9.17, 15) is 9.70 Å². The average molecular weight is 169 g/mol. The van der Waals surface area contributed by atoms with E-state index in [4.69, 9.17) is 5.11 Å². The molecule has 0 aromatic carbocycles. The second-order valence-electron chi connectivity index (χ2n) is 2.34. The van der Waals surface area contributed by atoms with E-state index in [0.717, 1.165) is 0 Å². The topological polar surface area (TPSA) is 66.7 Å². The highest BCUT2D eigenvalue weighted by Gasteiger charge is 1.97. The standard InChI is InChI=1S/C8H11NO3/c1-6(10)3-4-8(5-9-12)7(2)11/h3-4,11H,5H2,1-2H3/b4-3+,8-7-. The molecule has 0 fully saturated rings. The first-order valence-corrected chi connectivity index (χ1v) is 3.44. The van der Waals surface area contributed by atoms with E-state index < -0.39 is 0 Å². The van der Waals surface area contributed by atoms with Gasteiger partial charge < -0.3 is 5.11 Å². The second kappa shape index (κ2) is 5.23. The number of allylic oxidation sites excluding steroid dienone is 2. The first kappa shape index (κ1) is 10.6. The van der Waals surface area contributed by atoms with Crippen molar-refractivity contribution in [2.24, 2.45) is 5.18 Å². The van der Waals surface area contributed by atoms with Crippen LogP contribution in [0.25, 0.3) is 0 Å². The van der Waals surface area contributed by atoms with Crippen LogP contribution in [0.4, 0.5) is 0 Å². The normalized spacial score (nSPS) is 12.8. The van der Waals surface area contributed by atoms with E-state index >= 15 is 0 Å². The number of ketones is 1. The predicted octanol–water partition coefficient (Wildman–Crippen LogP) is 1.73. The van der Waals surface area contributed by atoms with Crippen LogP contribution in [0.3, 0.4) is 0 Å². The molecule has 0 saturated heterocycles. The van der Waals surface area contributed by atoms with Crippen molar-refractivity contribution in [2.75, 3.05) is 6.54 Å². The van der Waals surface area contributed by atoms with Crippen LogP contribution in [0, 0.1) is 4.91 Å². The number of hydrogen-bond acceptors (Lipinski definition) is 4. The van der Waals surface area contributed by atoms with Crippen LogP contribution in [0.5, 0.6) is 0 Å². The van der Waals surface area contributed by atoms with Crippen LogP contribution >= 0.6 is 0 Å². The van der Waals surface area contributed by atoms with E-state index in [2.05, 4.69) is 5.18 Å². The number of rotatable bonds is 4. The van der Waals surface area contributed by atoms with Gasteiger partial charge >= 0.3 is 0 Å². The zero-order valence-corrected chi connectivity index (χ0v) is 7.07. The minimum atomic E-state index is -0.139. The Balaban J connectivity index is 4.45. The number of carbonyl (C=O) groups is 1. The molecule has 12 heavy (non-hydrogen) atoms. The summed E-state index contributed by atoms with van der Waals surface area (Å²) in [6, 6.07) is 0. The fourth-order valence-corrected chi connectivity index (χ4v) is 0.575. The fourth-order valence-electron chi connectivity index (χ4n) is 0.575. The number of hydrogen-bond donors (Lipinski definition) is 1. The van der Waals surface area contributed by atoms with E-state index in [-0.39, 0.29) is 18.1 Å². The largest absolute Gasteiger partial charge is 0.512 e. The summed E-state index contributed by atoms with van der Waals surface area (Å²) in [5.41, 5.74) is 0.361. The lowest BCUT2D eigenvalue weighted by atomic mass is 10.2. The molecule has 0 aliphatic heterocycles. The summed E-state index contributed by atoms with van der Waals surface area (Å²) in [5.74, 6) is -0.133. The van der Waals surface area contributed by atoms with Crippen LogP contribution in [0.1, 0.15) is 13.8 Å². The molecule has 0 aromatic rings. The van der Waals surface area contributed by atoms with Crippen LogP contribution in [0.15, 0.2) is 28.7 Å². The highest BCUT2D eigenvalue weighted by Crippen LogP contribution is 2.03. The van der Waals surface area contributed by atoms with Crippen LogP contribution < -0.4 is 0 Å². The van der Waals surface area contributed by atoms with E-state index in [1.807, 2.05) is 0 Å². The molecule has 0 aromatic heterocycles. The molecule has 0 aliphatic rings. The number of nitrogens with zero attached hydrogens (tertiary/aromatic N) is 1. The van der Waals surface area contributed by atoms with Gasteiger partial charge in [-0.1, -0.05) is 11.3 Å². The maximum Gasteiger partial charge on any atom is 0.152 e. The summed E-state index contributed by atoms with van der Waals surface area (Å²) in [6.45, 7) is 2.70. The summed E-state index contributed by atoms with van der Waals surface area (Å²) < 4.78 is 0. The molecule has 66 valence electrons. The summed E-state index contributed by atoms with van der Waals surface area (Å²) in [5, 5.41) is 11.6. The molecular weight excluding hydrogens is 158 g/mol. The number of aliphatic hydroxyl groups excluding tert-OH is 1. The SMILES string of the molecule is CC(=O)/C=C/C(CN=O)=C(\C)O. The van der Waals surface area contributed by atoms with Crippen LogP contribution in [-0.4, -0.2) is 17.4 Å². The predicted molar refractivity (Wildman–Crippen MR) is 45.8 cm³/mol. The summed E-state index contributed by atoms with van der Waals surface area (Å²) >= 11 is 0. The van der Waals surface area contributed by atoms with Crippen molar-refractivity contribution in [2.45, 2.75) is 13.8 Å². The Hall–Kier alpha value is -1.45. The van der Waals surface area contributed by atoms with Crippen molar-refractivity contribution >= 4 is 5.78 Å². The Morgan fingerprint density at radius 3 is 2.33 bits per heavy atom. The minimum Gasteiger partial charge on any atom is -0.512 e.